The van der Waals surface area contributed by atoms with Gasteiger partial charge in [-0.2, -0.15) is 0 Å². The van der Waals surface area contributed by atoms with Crippen LogP contribution in [0.3, 0.4) is 0 Å². The second kappa shape index (κ2) is 9.23. The molecule has 0 radical (unpaired) electrons. The molecule has 1 amide bonds. The average Bonchev–Trinajstić information content (AvgIpc) is 2.82. The Kier molecular flexibility index (Phi) is 6.03. The molecule has 0 aliphatic carbocycles. The van der Waals surface area contributed by atoms with E-state index in [0.29, 0.717) is 22.2 Å². The first-order valence-electron chi connectivity index (χ1n) is 9.78. The number of nitro benzene ring substituents is 1. The third kappa shape index (κ3) is 4.99. The number of nitrogens with zero attached hydrogens (tertiary/aromatic N) is 2. The van der Waals surface area contributed by atoms with E-state index in [1.54, 1.807) is 36.4 Å². The van der Waals surface area contributed by atoms with Crippen LogP contribution in [0.15, 0.2) is 78.9 Å². The van der Waals surface area contributed by atoms with Gasteiger partial charge in [0.2, 0.25) is 0 Å². The first-order valence-corrected chi connectivity index (χ1v) is 9.78. The number of amides is 1. The van der Waals surface area contributed by atoms with E-state index in [4.69, 9.17) is 4.74 Å². The zero-order chi connectivity index (χ0) is 23.4. The van der Waals surface area contributed by atoms with Gasteiger partial charge >= 0.3 is 5.97 Å². The summed E-state index contributed by atoms with van der Waals surface area (Å²) in [6.07, 6.45) is 0. The number of esters is 1. The Morgan fingerprint density at radius 3 is 2.52 bits per heavy atom. The van der Waals surface area contributed by atoms with Crippen LogP contribution in [0.5, 0.6) is 0 Å². The quantitative estimate of drug-likeness (QED) is 0.261. The van der Waals surface area contributed by atoms with Crippen LogP contribution < -0.4 is 5.32 Å². The smallest absolute Gasteiger partial charge is 0.339 e. The number of aromatic nitrogens is 1. The number of halogens is 1. The van der Waals surface area contributed by atoms with Crippen LogP contribution in [0, 0.1) is 15.9 Å². The lowest BCUT2D eigenvalue weighted by Gasteiger charge is -2.10. The van der Waals surface area contributed by atoms with Gasteiger partial charge in [-0.25, -0.2) is 14.2 Å². The van der Waals surface area contributed by atoms with Crippen molar-refractivity contribution in [1.29, 1.82) is 0 Å². The number of carbonyl (C=O) groups excluding carboxylic acids is 2. The Bertz CT molecular complexity index is 1370. The molecule has 0 unspecified atom stereocenters. The Balaban J connectivity index is 1.54. The molecule has 3 aromatic carbocycles. The van der Waals surface area contributed by atoms with Crippen LogP contribution in [-0.2, 0) is 9.53 Å². The molecule has 0 aliphatic heterocycles. The number of nitro groups is 1. The van der Waals surface area contributed by atoms with E-state index in [-0.39, 0.29) is 16.9 Å². The van der Waals surface area contributed by atoms with Crippen molar-refractivity contribution in [3.05, 3.63) is 100 Å². The molecule has 33 heavy (non-hydrogen) atoms. The number of non-ortho nitro benzene ring substituents is 1. The largest absolute Gasteiger partial charge is 0.452 e. The first-order chi connectivity index (χ1) is 15.9. The lowest BCUT2D eigenvalue weighted by atomic mass is 10.0. The van der Waals surface area contributed by atoms with Crippen molar-refractivity contribution in [3.63, 3.8) is 0 Å². The maximum Gasteiger partial charge on any atom is 0.339 e. The van der Waals surface area contributed by atoms with Gasteiger partial charge in [0.05, 0.1) is 21.7 Å². The number of rotatable bonds is 6. The number of anilines is 1. The molecule has 164 valence electrons. The van der Waals surface area contributed by atoms with Crippen molar-refractivity contribution in [2.45, 2.75) is 0 Å². The second-order valence-corrected chi connectivity index (χ2v) is 7.01. The van der Waals surface area contributed by atoms with Crippen LogP contribution in [0.25, 0.3) is 22.2 Å². The van der Waals surface area contributed by atoms with E-state index in [2.05, 4.69) is 10.3 Å². The van der Waals surface area contributed by atoms with Crippen molar-refractivity contribution in [2.24, 2.45) is 0 Å². The number of para-hydroxylation sites is 1. The van der Waals surface area contributed by atoms with Gasteiger partial charge in [0.15, 0.2) is 6.61 Å². The van der Waals surface area contributed by atoms with E-state index in [1.807, 2.05) is 0 Å². The number of hydrogen-bond acceptors (Lipinski definition) is 6. The van der Waals surface area contributed by atoms with Crippen molar-refractivity contribution in [2.75, 3.05) is 11.9 Å². The molecular formula is C24H16FN3O5. The van der Waals surface area contributed by atoms with Crippen molar-refractivity contribution in [1.82, 2.24) is 4.98 Å². The van der Waals surface area contributed by atoms with Crippen LogP contribution in [0.1, 0.15) is 10.4 Å². The topological polar surface area (TPSA) is 111 Å². The highest BCUT2D eigenvalue weighted by atomic mass is 19.1. The summed E-state index contributed by atoms with van der Waals surface area (Å²) in [6.45, 7) is -0.593. The zero-order valence-corrected chi connectivity index (χ0v) is 17.0. The molecule has 4 rings (SSSR count). The minimum atomic E-state index is -0.744. The maximum atomic E-state index is 13.3. The molecule has 8 nitrogen and oxygen atoms in total. The van der Waals surface area contributed by atoms with Crippen LogP contribution >= 0.6 is 0 Å². The molecule has 0 spiro atoms. The lowest BCUT2D eigenvalue weighted by Crippen LogP contribution is -2.21. The van der Waals surface area contributed by atoms with E-state index in [1.165, 1.54) is 42.5 Å². The third-order valence-corrected chi connectivity index (χ3v) is 4.75. The van der Waals surface area contributed by atoms with E-state index in [0.717, 1.165) is 0 Å². The van der Waals surface area contributed by atoms with Crippen molar-refractivity contribution >= 4 is 34.2 Å². The normalized spacial score (nSPS) is 10.6. The molecule has 9 heteroatoms. The highest BCUT2D eigenvalue weighted by molar-refractivity contribution is 6.05. The standard InChI is InChI=1S/C24H16FN3O5/c25-16-10-8-15(9-11-16)22-13-20(19-6-1-2-7-21(19)27-22)24(30)33-14-23(29)26-17-4-3-5-18(12-17)28(31)32/h1-13H,14H2,(H,26,29). The molecule has 0 saturated carbocycles. The number of fused-ring (bicyclic) bond motifs is 1. The van der Waals surface area contributed by atoms with Gasteiger partial charge in [-0.05, 0) is 42.5 Å². The average molecular weight is 445 g/mol. The van der Waals surface area contributed by atoms with Crippen molar-refractivity contribution in [3.8, 4) is 11.3 Å². The van der Waals surface area contributed by atoms with Gasteiger partial charge in [-0.15, -0.1) is 0 Å². The van der Waals surface area contributed by atoms with Crippen LogP contribution in [0.2, 0.25) is 0 Å². The van der Waals surface area contributed by atoms with Crippen LogP contribution in [0.4, 0.5) is 15.8 Å². The van der Waals surface area contributed by atoms with Crippen molar-refractivity contribution < 1.29 is 23.6 Å². The summed E-state index contributed by atoms with van der Waals surface area (Å²) in [5.74, 6) is -1.79. The van der Waals surface area contributed by atoms with Gasteiger partial charge in [-0.1, -0.05) is 24.3 Å². The molecule has 0 saturated heterocycles. The summed E-state index contributed by atoms with van der Waals surface area (Å²) in [7, 11) is 0. The predicted molar refractivity (Wildman–Crippen MR) is 119 cm³/mol. The summed E-state index contributed by atoms with van der Waals surface area (Å²) in [4.78, 5) is 39.8. The summed E-state index contributed by atoms with van der Waals surface area (Å²) in [5, 5.41) is 13.9. The number of ether oxygens (including phenoxy) is 1. The molecule has 1 heterocycles. The Labute approximate surface area is 186 Å². The van der Waals surface area contributed by atoms with Crippen LogP contribution in [-0.4, -0.2) is 28.4 Å². The number of hydrogen-bond donors (Lipinski definition) is 1. The molecule has 0 bridgehead atoms. The lowest BCUT2D eigenvalue weighted by molar-refractivity contribution is -0.384. The molecule has 4 aromatic rings. The molecular weight excluding hydrogens is 429 g/mol. The highest BCUT2D eigenvalue weighted by Crippen LogP contribution is 2.26. The van der Waals surface area contributed by atoms with Gasteiger partial charge in [-0.3, -0.25) is 14.9 Å². The van der Waals surface area contributed by atoms with Gasteiger partial charge < -0.3 is 10.1 Å². The number of nitrogens with one attached hydrogen (secondary N) is 1. The van der Waals surface area contributed by atoms with Gasteiger partial charge in [0, 0.05) is 28.8 Å². The fourth-order valence-electron chi connectivity index (χ4n) is 3.22. The Morgan fingerprint density at radius 1 is 1.00 bits per heavy atom. The Hall–Kier alpha value is -4.66. The highest BCUT2D eigenvalue weighted by Gasteiger charge is 2.17. The third-order valence-electron chi connectivity index (χ3n) is 4.75. The SMILES string of the molecule is O=C(COC(=O)c1cc(-c2ccc(F)cc2)nc2ccccc12)Nc1cccc([N+](=O)[O-])c1. The molecule has 0 atom stereocenters. The number of pyridine rings is 1. The number of benzene rings is 3. The first kappa shape index (κ1) is 21.6. The fraction of sp³-hybridized carbons (Fsp3) is 0.0417. The fourth-order valence-corrected chi connectivity index (χ4v) is 3.22. The maximum absolute atomic E-state index is 13.3. The minimum Gasteiger partial charge on any atom is -0.452 e. The monoisotopic (exact) mass is 445 g/mol. The molecule has 1 N–H and O–H groups in total. The summed E-state index contributed by atoms with van der Waals surface area (Å²) >= 11 is 0. The molecule has 0 aliphatic rings. The summed E-state index contributed by atoms with van der Waals surface area (Å²) in [5.41, 5.74) is 1.82. The minimum absolute atomic E-state index is 0.179. The molecule has 0 fully saturated rings. The second-order valence-electron chi connectivity index (χ2n) is 7.01. The van der Waals surface area contributed by atoms with E-state index in [9.17, 15) is 24.1 Å². The predicted octanol–water partition coefficient (Wildman–Crippen LogP) is 4.74. The van der Waals surface area contributed by atoms with E-state index >= 15 is 0 Å². The van der Waals surface area contributed by atoms with E-state index < -0.39 is 29.2 Å². The number of carbonyl (C=O) groups is 2. The summed E-state index contributed by atoms with van der Waals surface area (Å²) < 4.78 is 18.5. The Morgan fingerprint density at radius 2 is 1.76 bits per heavy atom. The molecule has 1 aromatic heterocycles. The summed E-state index contributed by atoms with van der Waals surface area (Å²) in [6, 6.07) is 19.6. The van der Waals surface area contributed by atoms with Gasteiger partial charge in [0.1, 0.15) is 5.82 Å². The zero-order valence-electron chi connectivity index (χ0n) is 17.0. The van der Waals surface area contributed by atoms with Gasteiger partial charge in [0.25, 0.3) is 11.6 Å².